The van der Waals surface area contributed by atoms with E-state index in [1.165, 1.54) is 0 Å². The van der Waals surface area contributed by atoms with Crippen LogP contribution in [0.2, 0.25) is 0 Å². The molecule has 0 amide bonds. The summed E-state index contributed by atoms with van der Waals surface area (Å²) in [6, 6.07) is -0.176. The van der Waals surface area contributed by atoms with Crippen LogP contribution in [0.4, 0.5) is 0 Å². The molecule has 0 aliphatic rings. The Hall–Kier alpha value is 0.160. The van der Waals surface area contributed by atoms with Gasteiger partial charge in [-0.3, -0.25) is 4.79 Å². The first-order valence-electron chi connectivity index (χ1n) is 4.49. The maximum absolute atomic E-state index is 11.5. The second-order valence-electron chi connectivity index (χ2n) is 3.98. The van der Waals surface area contributed by atoms with Crippen molar-refractivity contribution >= 4 is 28.8 Å². The van der Waals surface area contributed by atoms with Crippen LogP contribution in [0.25, 0.3) is 0 Å². The first-order valence-corrected chi connectivity index (χ1v) is 5.57. The summed E-state index contributed by atoms with van der Waals surface area (Å²) in [5.74, 6) is -0.163. The van der Waals surface area contributed by atoms with Crippen molar-refractivity contribution < 1.29 is 9.53 Å². The molecule has 0 saturated carbocycles. The summed E-state index contributed by atoms with van der Waals surface area (Å²) in [5, 5.41) is 0. The van der Waals surface area contributed by atoms with Gasteiger partial charge in [0, 0.05) is 22.9 Å². The average molecular weight is 299 g/mol. The van der Waals surface area contributed by atoms with Crippen molar-refractivity contribution in [3.05, 3.63) is 0 Å². The molecule has 0 aromatic rings. The first kappa shape index (κ1) is 13.2. The van der Waals surface area contributed by atoms with E-state index < -0.39 is 5.60 Å². The SMILES string of the molecule is CCCC(NI)C(=O)OC(C)(C)C. The number of rotatable bonds is 4. The molecular formula is C9H18INO2. The van der Waals surface area contributed by atoms with Crippen LogP contribution in [0, 0.1) is 0 Å². The van der Waals surface area contributed by atoms with Gasteiger partial charge in [-0.25, -0.2) is 3.53 Å². The lowest BCUT2D eigenvalue weighted by atomic mass is 10.1. The van der Waals surface area contributed by atoms with Crippen molar-refractivity contribution in [2.24, 2.45) is 0 Å². The number of nitrogens with one attached hydrogen (secondary N) is 1. The van der Waals surface area contributed by atoms with Gasteiger partial charge in [0.15, 0.2) is 0 Å². The molecule has 0 aliphatic carbocycles. The predicted octanol–water partition coefficient (Wildman–Crippen LogP) is 2.44. The molecule has 0 heterocycles. The quantitative estimate of drug-likeness (QED) is 0.492. The molecule has 0 fully saturated rings. The van der Waals surface area contributed by atoms with Gasteiger partial charge in [-0.2, -0.15) is 0 Å². The molecule has 78 valence electrons. The minimum atomic E-state index is -0.392. The number of esters is 1. The van der Waals surface area contributed by atoms with Crippen molar-refractivity contribution in [3.63, 3.8) is 0 Å². The zero-order chi connectivity index (χ0) is 10.5. The van der Waals surface area contributed by atoms with Gasteiger partial charge in [-0.05, 0) is 27.2 Å². The van der Waals surface area contributed by atoms with Gasteiger partial charge in [0.05, 0.1) is 0 Å². The summed E-state index contributed by atoms with van der Waals surface area (Å²) in [6.07, 6.45) is 1.79. The van der Waals surface area contributed by atoms with Crippen molar-refractivity contribution in [1.82, 2.24) is 3.53 Å². The number of ether oxygens (including phenoxy) is 1. The van der Waals surface area contributed by atoms with Crippen LogP contribution in [0.5, 0.6) is 0 Å². The van der Waals surface area contributed by atoms with E-state index in [0.717, 1.165) is 12.8 Å². The van der Waals surface area contributed by atoms with Gasteiger partial charge in [-0.1, -0.05) is 13.3 Å². The maximum Gasteiger partial charge on any atom is 0.324 e. The predicted molar refractivity (Wildman–Crippen MR) is 61.7 cm³/mol. The Morgan fingerprint density at radius 1 is 1.54 bits per heavy atom. The van der Waals surface area contributed by atoms with Crippen molar-refractivity contribution in [2.75, 3.05) is 0 Å². The molecule has 0 rings (SSSR count). The molecule has 4 heteroatoms. The minimum Gasteiger partial charge on any atom is -0.459 e. The van der Waals surface area contributed by atoms with Crippen molar-refractivity contribution in [2.45, 2.75) is 52.2 Å². The van der Waals surface area contributed by atoms with Crippen LogP contribution in [0.1, 0.15) is 40.5 Å². The molecule has 1 atom stereocenters. The average Bonchev–Trinajstić information content (AvgIpc) is 1.96. The maximum atomic E-state index is 11.5. The van der Waals surface area contributed by atoms with Gasteiger partial charge < -0.3 is 4.74 Å². The zero-order valence-electron chi connectivity index (χ0n) is 8.69. The molecule has 13 heavy (non-hydrogen) atoms. The molecule has 1 N–H and O–H groups in total. The second kappa shape index (κ2) is 5.80. The smallest absolute Gasteiger partial charge is 0.324 e. The number of carbonyl (C=O) groups excluding carboxylic acids is 1. The Balaban J connectivity index is 4.06. The molecule has 0 aliphatic heterocycles. The fraction of sp³-hybridized carbons (Fsp3) is 0.889. The summed E-state index contributed by atoms with van der Waals surface area (Å²) >= 11 is 1.99. The molecule has 0 radical (unpaired) electrons. The largest absolute Gasteiger partial charge is 0.459 e. The van der Waals surface area contributed by atoms with Gasteiger partial charge in [0.25, 0.3) is 0 Å². The minimum absolute atomic E-state index is 0.163. The normalized spacial score (nSPS) is 13.9. The Morgan fingerprint density at radius 2 is 2.08 bits per heavy atom. The van der Waals surface area contributed by atoms with Gasteiger partial charge in [0.1, 0.15) is 11.6 Å². The van der Waals surface area contributed by atoms with Crippen LogP contribution in [0.3, 0.4) is 0 Å². The topological polar surface area (TPSA) is 38.3 Å². The van der Waals surface area contributed by atoms with Crippen LogP contribution >= 0.6 is 22.9 Å². The molecule has 0 aromatic heterocycles. The van der Waals surface area contributed by atoms with Gasteiger partial charge in [0.2, 0.25) is 0 Å². The lowest BCUT2D eigenvalue weighted by Gasteiger charge is -2.23. The monoisotopic (exact) mass is 299 g/mol. The Morgan fingerprint density at radius 3 is 2.38 bits per heavy atom. The zero-order valence-corrected chi connectivity index (χ0v) is 10.8. The van der Waals surface area contributed by atoms with E-state index in [1.807, 2.05) is 50.6 Å². The fourth-order valence-corrected chi connectivity index (χ4v) is 1.44. The van der Waals surface area contributed by atoms with E-state index >= 15 is 0 Å². The molecule has 0 bridgehead atoms. The lowest BCUT2D eigenvalue weighted by Crippen LogP contribution is -2.37. The summed E-state index contributed by atoms with van der Waals surface area (Å²) in [6.45, 7) is 7.68. The molecule has 1 unspecified atom stereocenters. The van der Waals surface area contributed by atoms with Crippen LogP contribution < -0.4 is 3.53 Å². The van der Waals surface area contributed by atoms with E-state index in [1.54, 1.807) is 0 Å². The number of halogens is 1. The second-order valence-corrected chi connectivity index (χ2v) is 4.61. The Labute approximate surface area is 94.1 Å². The fourth-order valence-electron chi connectivity index (χ4n) is 0.879. The van der Waals surface area contributed by atoms with Crippen LogP contribution in [-0.4, -0.2) is 17.6 Å². The third-order valence-electron chi connectivity index (χ3n) is 1.40. The molecule has 0 aromatic carbocycles. The highest BCUT2D eigenvalue weighted by Gasteiger charge is 2.23. The van der Waals surface area contributed by atoms with E-state index in [0.29, 0.717) is 0 Å². The van der Waals surface area contributed by atoms with E-state index in [-0.39, 0.29) is 12.0 Å². The highest BCUT2D eigenvalue weighted by Crippen LogP contribution is 2.11. The third-order valence-corrected chi connectivity index (χ3v) is 2.15. The van der Waals surface area contributed by atoms with Gasteiger partial charge in [-0.15, -0.1) is 0 Å². The lowest BCUT2D eigenvalue weighted by molar-refractivity contribution is -0.156. The molecular weight excluding hydrogens is 281 g/mol. The van der Waals surface area contributed by atoms with E-state index in [2.05, 4.69) is 3.53 Å². The van der Waals surface area contributed by atoms with Gasteiger partial charge >= 0.3 is 5.97 Å². The van der Waals surface area contributed by atoms with Crippen molar-refractivity contribution in [1.29, 1.82) is 0 Å². The Bertz CT molecular complexity index is 165. The molecule has 0 saturated heterocycles. The number of carbonyl (C=O) groups is 1. The summed E-state index contributed by atoms with van der Waals surface area (Å²) in [5.41, 5.74) is -0.392. The Kier molecular flexibility index (Phi) is 5.87. The number of hydrogen-bond donors (Lipinski definition) is 1. The molecule has 3 nitrogen and oxygen atoms in total. The highest BCUT2D eigenvalue weighted by molar-refractivity contribution is 14.1. The van der Waals surface area contributed by atoms with E-state index in [4.69, 9.17) is 4.74 Å². The standard InChI is InChI=1S/C9H18INO2/c1-5-6-7(11-10)8(12)13-9(2,3)4/h7,11H,5-6H2,1-4H3. The highest BCUT2D eigenvalue weighted by atomic mass is 127. The summed E-state index contributed by atoms with van der Waals surface area (Å²) in [4.78, 5) is 11.5. The summed E-state index contributed by atoms with van der Waals surface area (Å²) < 4.78 is 8.16. The summed E-state index contributed by atoms with van der Waals surface area (Å²) in [7, 11) is 0. The van der Waals surface area contributed by atoms with Crippen LogP contribution in [0.15, 0.2) is 0 Å². The van der Waals surface area contributed by atoms with E-state index in [9.17, 15) is 4.79 Å². The molecule has 0 spiro atoms. The van der Waals surface area contributed by atoms with Crippen LogP contribution in [-0.2, 0) is 9.53 Å². The van der Waals surface area contributed by atoms with Crippen molar-refractivity contribution in [3.8, 4) is 0 Å². The first-order chi connectivity index (χ1) is 5.90. The number of hydrogen-bond acceptors (Lipinski definition) is 3. The third kappa shape index (κ3) is 6.26.